The monoisotopic (exact) mass is 316 g/mol. The lowest BCUT2D eigenvalue weighted by atomic mass is 9.94. The van der Waals surface area contributed by atoms with Crippen LogP contribution < -0.4 is 0 Å². The summed E-state index contributed by atoms with van der Waals surface area (Å²) < 4.78 is 15.9. The summed E-state index contributed by atoms with van der Waals surface area (Å²) in [5, 5.41) is 0. The minimum absolute atomic E-state index is 0.797. The maximum Gasteiger partial charge on any atom is 0.282 e. The molecule has 0 aliphatic carbocycles. The van der Waals surface area contributed by atoms with Crippen LogP contribution in [0.5, 0.6) is 0 Å². The minimum atomic E-state index is -0.839. The Balaban J connectivity index is 3.47. The third kappa shape index (κ3) is 9.81. The lowest BCUT2D eigenvalue weighted by Crippen LogP contribution is -2.35. The minimum Gasteiger partial charge on any atom is -0.331 e. The molecule has 0 rings (SSSR count). The number of hydrogen-bond acceptors (Lipinski definition) is 3. The van der Waals surface area contributed by atoms with E-state index < -0.39 is 5.97 Å². The molecular weight excluding hydrogens is 276 g/mol. The summed E-state index contributed by atoms with van der Waals surface area (Å²) >= 11 is 0. The summed E-state index contributed by atoms with van der Waals surface area (Å²) in [6.07, 6.45) is 15.5. The quantitative estimate of drug-likeness (QED) is 0.261. The van der Waals surface area contributed by atoms with Crippen molar-refractivity contribution in [2.75, 3.05) is 21.3 Å². The van der Waals surface area contributed by atoms with Crippen LogP contribution in [0, 0.1) is 5.92 Å². The fourth-order valence-electron chi connectivity index (χ4n) is 3.18. The van der Waals surface area contributed by atoms with Gasteiger partial charge >= 0.3 is 0 Å². The molecular formula is C19H40O3. The highest BCUT2D eigenvalue weighted by molar-refractivity contribution is 4.58. The molecule has 3 heteroatoms. The van der Waals surface area contributed by atoms with Gasteiger partial charge in [-0.2, -0.15) is 0 Å². The van der Waals surface area contributed by atoms with E-state index in [0.29, 0.717) is 0 Å². The van der Waals surface area contributed by atoms with Crippen LogP contribution in [0.3, 0.4) is 0 Å². The third-order valence-electron chi connectivity index (χ3n) is 4.80. The third-order valence-corrected chi connectivity index (χ3v) is 4.80. The highest BCUT2D eigenvalue weighted by Crippen LogP contribution is 2.22. The lowest BCUT2D eigenvalue weighted by molar-refractivity contribution is -0.355. The molecule has 1 unspecified atom stereocenters. The molecule has 22 heavy (non-hydrogen) atoms. The van der Waals surface area contributed by atoms with E-state index in [4.69, 9.17) is 14.2 Å². The van der Waals surface area contributed by atoms with Crippen molar-refractivity contribution in [3.63, 3.8) is 0 Å². The maximum atomic E-state index is 5.30. The van der Waals surface area contributed by atoms with Gasteiger partial charge in [0.05, 0.1) is 0 Å². The highest BCUT2D eigenvalue weighted by Gasteiger charge is 2.28. The van der Waals surface area contributed by atoms with Gasteiger partial charge < -0.3 is 14.2 Å². The van der Waals surface area contributed by atoms with Crippen molar-refractivity contribution in [1.29, 1.82) is 0 Å². The second kappa shape index (κ2) is 14.5. The molecule has 0 fully saturated rings. The molecule has 0 aromatic rings. The smallest absolute Gasteiger partial charge is 0.282 e. The Hall–Kier alpha value is -0.120. The van der Waals surface area contributed by atoms with Gasteiger partial charge in [0.1, 0.15) is 0 Å². The lowest BCUT2D eigenvalue weighted by Gasteiger charge is -2.28. The van der Waals surface area contributed by atoms with Gasteiger partial charge in [0, 0.05) is 27.8 Å². The number of ether oxygens (including phenoxy) is 3. The van der Waals surface area contributed by atoms with Crippen LogP contribution >= 0.6 is 0 Å². The van der Waals surface area contributed by atoms with Crippen molar-refractivity contribution in [1.82, 2.24) is 0 Å². The number of rotatable bonds is 16. The van der Waals surface area contributed by atoms with E-state index in [-0.39, 0.29) is 0 Å². The summed E-state index contributed by atoms with van der Waals surface area (Å²) in [7, 11) is 4.90. The number of hydrogen-bond donors (Lipinski definition) is 0. The first-order chi connectivity index (χ1) is 10.7. The van der Waals surface area contributed by atoms with Gasteiger partial charge in [-0.3, -0.25) is 0 Å². The van der Waals surface area contributed by atoms with E-state index in [1.54, 1.807) is 21.3 Å². The van der Waals surface area contributed by atoms with Crippen LogP contribution in [0.4, 0.5) is 0 Å². The molecule has 0 aromatic heterocycles. The van der Waals surface area contributed by atoms with Crippen LogP contribution in [0.15, 0.2) is 0 Å². The van der Waals surface area contributed by atoms with E-state index in [1.807, 2.05) is 0 Å². The highest BCUT2D eigenvalue weighted by atomic mass is 16.9. The van der Waals surface area contributed by atoms with Crippen molar-refractivity contribution in [3.8, 4) is 0 Å². The molecule has 0 amide bonds. The van der Waals surface area contributed by atoms with Crippen molar-refractivity contribution < 1.29 is 14.2 Å². The van der Waals surface area contributed by atoms with Crippen LogP contribution in [0.1, 0.15) is 90.9 Å². The Morgan fingerprint density at radius 3 is 1.64 bits per heavy atom. The van der Waals surface area contributed by atoms with Crippen molar-refractivity contribution >= 4 is 0 Å². The first kappa shape index (κ1) is 21.9. The van der Waals surface area contributed by atoms with Crippen LogP contribution in [0.2, 0.25) is 0 Å². The average Bonchev–Trinajstić information content (AvgIpc) is 2.56. The first-order valence-corrected chi connectivity index (χ1v) is 9.33. The Labute approximate surface area is 139 Å². The van der Waals surface area contributed by atoms with E-state index in [0.717, 1.165) is 18.8 Å². The zero-order chi connectivity index (χ0) is 16.7. The molecule has 0 saturated carbocycles. The zero-order valence-corrected chi connectivity index (χ0v) is 15.8. The van der Waals surface area contributed by atoms with Crippen LogP contribution in [-0.2, 0) is 14.2 Å². The standard InChI is InChI=1S/C19H40O3/c1-6-15-18(7-2)16-13-11-9-8-10-12-14-17-19(20-3,21-4)22-5/h18H,6-17H2,1-5H3. The molecule has 0 N–H and O–H groups in total. The zero-order valence-electron chi connectivity index (χ0n) is 15.8. The van der Waals surface area contributed by atoms with Gasteiger partial charge in [0.15, 0.2) is 0 Å². The second-order valence-electron chi connectivity index (χ2n) is 6.37. The Bertz CT molecular complexity index is 218. The first-order valence-electron chi connectivity index (χ1n) is 9.33. The molecule has 0 aromatic carbocycles. The largest absolute Gasteiger partial charge is 0.331 e. The van der Waals surface area contributed by atoms with Gasteiger partial charge in [-0.25, -0.2) is 0 Å². The summed E-state index contributed by atoms with van der Waals surface area (Å²) in [5.41, 5.74) is 0. The van der Waals surface area contributed by atoms with Crippen LogP contribution in [0.25, 0.3) is 0 Å². The predicted octanol–water partition coefficient (Wildman–Crippen LogP) is 5.92. The van der Waals surface area contributed by atoms with Crippen molar-refractivity contribution in [3.05, 3.63) is 0 Å². The Morgan fingerprint density at radius 1 is 0.682 bits per heavy atom. The summed E-state index contributed by atoms with van der Waals surface area (Å²) in [5.74, 6) is 0.129. The summed E-state index contributed by atoms with van der Waals surface area (Å²) in [6.45, 7) is 4.63. The normalized spacial score (nSPS) is 13.5. The van der Waals surface area contributed by atoms with Crippen molar-refractivity contribution in [2.24, 2.45) is 5.92 Å². The molecule has 1 atom stereocenters. The molecule has 0 aliphatic rings. The summed E-state index contributed by atoms with van der Waals surface area (Å²) in [6, 6.07) is 0. The van der Waals surface area contributed by atoms with Gasteiger partial charge in [-0.15, -0.1) is 0 Å². The second-order valence-corrected chi connectivity index (χ2v) is 6.37. The fourth-order valence-corrected chi connectivity index (χ4v) is 3.18. The molecule has 0 spiro atoms. The topological polar surface area (TPSA) is 27.7 Å². The van der Waals surface area contributed by atoms with E-state index in [2.05, 4.69) is 13.8 Å². The van der Waals surface area contributed by atoms with Crippen molar-refractivity contribution in [2.45, 2.75) is 96.9 Å². The fraction of sp³-hybridized carbons (Fsp3) is 1.00. The predicted molar refractivity (Wildman–Crippen MR) is 94.0 cm³/mol. The average molecular weight is 317 g/mol. The van der Waals surface area contributed by atoms with E-state index in [9.17, 15) is 0 Å². The Morgan fingerprint density at radius 2 is 1.18 bits per heavy atom. The molecule has 134 valence electrons. The molecule has 0 bridgehead atoms. The molecule has 0 heterocycles. The van der Waals surface area contributed by atoms with Crippen LogP contribution in [-0.4, -0.2) is 27.3 Å². The molecule has 0 aliphatic heterocycles. The van der Waals surface area contributed by atoms with Gasteiger partial charge in [-0.1, -0.05) is 78.1 Å². The van der Waals surface area contributed by atoms with Gasteiger partial charge in [0.25, 0.3) is 5.97 Å². The number of methoxy groups -OCH3 is 3. The SMILES string of the molecule is CCCC(CC)CCCCCCCCCC(OC)(OC)OC. The van der Waals surface area contributed by atoms with Gasteiger partial charge in [-0.05, 0) is 12.3 Å². The summed E-state index contributed by atoms with van der Waals surface area (Å²) in [4.78, 5) is 0. The number of unbranched alkanes of at least 4 members (excludes halogenated alkanes) is 6. The Kier molecular flexibility index (Phi) is 14.4. The van der Waals surface area contributed by atoms with E-state index >= 15 is 0 Å². The molecule has 0 saturated heterocycles. The maximum absolute atomic E-state index is 5.30. The van der Waals surface area contributed by atoms with E-state index in [1.165, 1.54) is 64.2 Å². The molecule has 0 radical (unpaired) electrons. The molecule has 3 nitrogen and oxygen atoms in total. The van der Waals surface area contributed by atoms with Gasteiger partial charge in [0.2, 0.25) is 0 Å².